The highest BCUT2D eigenvalue weighted by molar-refractivity contribution is 5.99. The Bertz CT molecular complexity index is 869. The van der Waals surface area contributed by atoms with Gasteiger partial charge < -0.3 is 14.7 Å². The minimum Gasteiger partial charge on any atom is -0.478 e. The van der Waals surface area contributed by atoms with Gasteiger partial charge in [0.15, 0.2) is 0 Å². The molecular formula is C21H24F3NO4. The highest BCUT2D eigenvalue weighted by atomic mass is 19.4. The van der Waals surface area contributed by atoms with E-state index in [1.54, 1.807) is 32.7 Å². The maximum atomic E-state index is 12.9. The van der Waals surface area contributed by atoms with E-state index in [2.05, 4.69) is 0 Å². The van der Waals surface area contributed by atoms with Gasteiger partial charge in [0.05, 0.1) is 28.7 Å². The first-order valence-electron chi connectivity index (χ1n) is 9.16. The van der Waals surface area contributed by atoms with Crippen LogP contribution in [-0.2, 0) is 20.5 Å². The standard InChI is InChI=1S/C21H24F3NO4/c1-6-11(2)29-20(28)17-13(4)25(5)12(3)16(19(26)27)18(17)14-7-9-15(10-8-14)21(22,23)24/h7-11,18H,6H2,1-5H3,(H,26,27). The molecule has 0 fully saturated rings. The molecule has 1 heterocycles. The van der Waals surface area contributed by atoms with Crippen LogP contribution >= 0.6 is 0 Å². The maximum absolute atomic E-state index is 12.9. The molecule has 8 heteroatoms. The summed E-state index contributed by atoms with van der Waals surface area (Å²) in [4.78, 5) is 26.5. The maximum Gasteiger partial charge on any atom is 0.416 e. The molecular weight excluding hydrogens is 387 g/mol. The molecule has 2 unspecified atom stereocenters. The molecule has 0 saturated carbocycles. The highest BCUT2D eigenvalue weighted by Gasteiger charge is 2.40. The third-order valence-corrected chi connectivity index (χ3v) is 5.27. The van der Waals surface area contributed by atoms with Crippen molar-refractivity contribution in [3.63, 3.8) is 0 Å². The van der Waals surface area contributed by atoms with Crippen molar-refractivity contribution in [2.75, 3.05) is 7.05 Å². The Kier molecular flexibility index (Phi) is 6.45. The van der Waals surface area contributed by atoms with E-state index in [1.807, 2.05) is 6.92 Å². The molecule has 1 aliphatic heterocycles. The predicted octanol–water partition coefficient (Wildman–Crippen LogP) is 4.71. The molecule has 1 aromatic carbocycles. The zero-order valence-electron chi connectivity index (χ0n) is 16.9. The number of nitrogens with zero attached hydrogens (tertiary/aromatic N) is 1. The molecule has 2 rings (SSSR count). The van der Waals surface area contributed by atoms with Crippen LogP contribution in [0, 0.1) is 0 Å². The van der Waals surface area contributed by atoms with E-state index in [0.29, 0.717) is 17.8 Å². The molecule has 0 bridgehead atoms. The number of ether oxygens (including phenoxy) is 1. The van der Waals surface area contributed by atoms with Crippen LogP contribution < -0.4 is 0 Å². The zero-order valence-corrected chi connectivity index (χ0v) is 16.9. The number of carboxylic acid groups (broad SMARTS) is 1. The predicted molar refractivity (Wildman–Crippen MR) is 101 cm³/mol. The summed E-state index contributed by atoms with van der Waals surface area (Å²) in [5, 5.41) is 9.82. The summed E-state index contributed by atoms with van der Waals surface area (Å²) in [6.45, 7) is 6.81. The number of hydrogen-bond donors (Lipinski definition) is 1. The summed E-state index contributed by atoms with van der Waals surface area (Å²) in [5.41, 5.74) is 0.352. The number of halogens is 3. The van der Waals surface area contributed by atoms with Gasteiger partial charge in [0.2, 0.25) is 0 Å². The molecule has 1 aliphatic rings. The van der Waals surface area contributed by atoms with Gasteiger partial charge in [-0.1, -0.05) is 19.1 Å². The van der Waals surface area contributed by atoms with Gasteiger partial charge in [-0.15, -0.1) is 0 Å². The van der Waals surface area contributed by atoms with Crippen LogP contribution in [0.2, 0.25) is 0 Å². The van der Waals surface area contributed by atoms with Crippen LogP contribution in [0.25, 0.3) is 0 Å². The monoisotopic (exact) mass is 411 g/mol. The Balaban J connectivity index is 2.65. The van der Waals surface area contributed by atoms with E-state index in [-0.39, 0.29) is 22.8 Å². The average molecular weight is 411 g/mol. The Labute approximate surface area is 167 Å². The fraction of sp³-hybridized carbons (Fsp3) is 0.429. The van der Waals surface area contributed by atoms with E-state index in [1.165, 1.54) is 12.1 Å². The van der Waals surface area contributed by atoms with Crippen LogP contribution in [0.4, 0.5) is 13.2 Å². The van der Waals surface area contributed by atoms with Gasteiger partial charge in [-0.2, -0.15) is 13.2 Å². The van der Waals surface area contributed by atoms with E-state index in [9.17, 15) is 27.9 Å². The van der Waals surface area contributed by atoms with Gasteiger partial charge in [0, 0.05) is 18.4 Å². The van der Waals surface area contributed by atoms with Crippen LogP contribution in [0.3, 0.4) is 0 Å². The summed E-state index contributed by atoms with van der Waals surface area (Å²) >= 11 is 0. The van der Waals surface area contributed by atoms with Gasteiger partial charge in [0.25, 0.3) is 0 Å². The number of aliphatic carboxylic acids is 1. The molecule has 0 saturated heterocycles. The SMILES string of the molecule is CCC(C)OC(=O)C1=C(C)N(C)C(C)=C(C(=O)O)C1c1ccc(C(F)(F)F)cc1. The lowest BCUT2D eigenvalue weighted by molar-refractivity contribution is -0.144. The minimum atomic E-state index is -4.52. The molecule has 0 aliphatic carbocycles. The number of rotatable bonds is 5. The summed E-state index contributed by atoms with van der Waals surface area (Å²) in [7, 11) is 1.63. The van der Waals surface area contributed by atoms with Crippen LogP contribution in [0.1, 0.15) is 51.2 Å². The normalized spacial score (nSPS) is 18.8. The number of carbonyl (C=O) groups excluding carboxylic acids is 1. The smallest absolute Gasteiger partial charge is 0.416 e. The molecule has 2 atom stereocenters. The van der Waals surface area contributed by atoms with E-state index < -0.39 is 29.6 Å². The largest absolute Gasteiger partial charge is 0.478 e. The molecule has 0 radical (unpaired) electrons. The Morgan fingerprint density at radius 3 is 2.10 bits per heavy atom. The fourth-order valence-corrected chi connectivity index (χ4v) is 3.25. The molecule has 0 spiro atoms. The number of esters is 1. The average Bonchev–Trinajstić information content (AvgIpc) is 2.64. The number of carboxylic acids is 1. The van der Waals surface area contributed by atoms with Crippen molar-refractivity contribution in [3.8, 4) is 0 Å². The van der Waals surface area contributed by atoms with Gasteiger partial charge >= 0.3 is 18.1 Å². The lowest BCUT2D eigenvalue weighted by Crippen LogP contribution is -2.33. The second-order valence-corrected chi connectivity index (χ2v) is 7.04. The lowest BCUT2D eigenvalue weighted by atomic mass is 9.79. The van der Waals surface area contributed by atoms with Crippen molar-refractivity contribution in [1.82, 2.24) is 4.90 Å². The summed E-state index contributed by atoms with van der Waals surface area (Å²) in [5.74, 6) is -2.97. The van der Waals surface area contributed by atoms with Crippen LogP contribution in [0.15, 0.2) is 46.8 Å². The third kappa shape index (κ3) is 4.46. The van der Waals surface area contributed by atoms with Crippen molar-refractivity contribution < 1.29 is 32.6 Å². The van der Waals surface area contributed by atoms with Gasteiger partial charge in [-0.05, 0) is 44.9 Å². The molecule has 5 nitrogen and oxygen atoms in total. The number of hydrogen-bond acceptors (Lipinski definition) is 4. The van der Waals surface area contributed by atoms with Crippen molar-refractivity contribution in [2.24, 2.45) is 0 Å². The molecule has 1 N–H and O–H groups in total. The molecule has 0 amide bonds. The Hall–Kier alpha value is -2.77. The number of benzene rings is 1. The molecule has 29 heavy (non-hydrogen) atoms. The lowest BCUT2D eigenvalue weighted by Gasteiger charge is -2.35. The topological polar surface area (TPSA) is 66.8 Å². The number of alkyl halides is 3. The van der Waals surface area contributed by atoms with Crippen molar-refractivity contribution in [1.29, 1.82) is 0 Å². The number of allylic oxidation sites excluding steroid dienone is 2. The van der Waals surface area contributed by atoms with Crippen molar-refractivity contribution in [2.45, 2.75) is 52.3 Å². The zero-order chi connectivity index (χ0) is 22.1. The molecule has 1 aromatic rings. The quantitative estimate of drug-likeness (QED) is 0.711. The van der Waals surface area contributed by atoms with Gasteiger partial charge in [-0.25, -0.2) is 9.59 Å². The van der Waals surface area contributed by atoms with Crippen molar-refractivity contribution >= 4 is 11.9 Å². The minimum absolute atomic E-state index is 0.0750. The van der Waals surface area contributed by atoms with Gasteiger partial charge in [0.1, 0.15) is 0 Å². The first-order valence-corrected chi connectivity index (χ1v) is 9.16. The highest BCUT2D eigenvalue weighted by Crippen LogP contribution is 2.42. The van der Waals surface area contributed by atoms with E-state index >= 15 is 0 Å². The van der Waals surface area contributed by atoms with Crippen LogP contribution in [-0.4, -0.2) is 35.1 Å². The van der Waals surface area contributed by atoms with E-state index in [0.717, 1.165) is 12.1 Å². The van der Waals surface area contributed by atoms with Crippen LogP contribution in [0.5, 0.6) is 0 Å². The summed E-state index contributed by atoms with van der Waals surface area (Å²) in [6.07, 6.45) is -4.34. The fourth-order valence-electron chi connectivity index (χ4n) is 3.25. The Morgan fingerprint density at radius 2 is 1.66 bits per heavy atom. The van der Waals surface area contributed by atoms with Crippen molar-refractivity contribution in [3.05, 3.63) is 57.9 Å². The first-order chi connectivity index (χ1) is 13.4. The Morgan fingerprint density at radius 1 is 1.14 bits per heavy atom. The first kappa shape index (κ1) is 22.5. The second-order valence-electron chi connectivity index (χ2n) is 7.04. The third-order valence-electron chi connectivity index (χ3n) is 5.27. The van der Waals surface area contributed by atoms with E-state index in [4.69, 9.17) is 4.74 Å². The van der Waals surface area contributed by atoms with Gasteiger partial charge in [-0.3, -0.25) is 0 Å². The molecule has 0 aromatic heterocycles. The molecule has 158 valence electrons. The summed E-state index contributed by atoms with van der Waals surface area (Å²) in [6, 6.07) is 4.18. The second kappa shape index (κ2) is 8.31. The number of carbonyl (C=O) groups is 2. The summed E-state index contributed by atoms with van der Waals surface area (Å²) < 4.78 is 44.2.